The standard InChI is InChI=1S/C15H20N2O2/c16-14-6-3-11-9-12(4-5-13(11)14)19-10-15(18)17-7-1-2-8-17/h4-5,9,14H,1-3,6-8,10,16H2/t14-/m0/s1. The average Bonchev–Trinajstić information content (AvgIpc) is 3.06. The van der Waals surface area contributed by atoms with Gasteiger partial charge < -0.3 is 15.4 Å². The van der Waals surface area contributed by atoms with Crippen molar-refractivity contribution in [1.29, 1.82) is 0 Å². The highest BCUT2D eigenvalue weighted by Gasteiger charge is 2.20. The Bertz CT molecular complexity index is 481. The predicted octanol–water partition coefficient (Wildman–Crippen LogP) is 1.63. The number of hydrogen-bond acceptors (Lipinski definition) is 3. The van der Waals surface area contributed by atoms with E-state index in [4.69, 9.17) is 10.5 Å². The number of aryl methyl sites for hydroxylation is 1. The first-order valence-corrected chi connectivity index (χ1v) is 7.03. The summed E-state index contributed by atoms with van der Waals surface area (Å²) in [6.45, 7) is 1.90. The SMILES string of the molecule is N[C@H]1CCc2cc(OCC(=O)N3CCCC3)ccc21. The van der Waals surface area contributed by atoms with Crippen molar-refractivity contribution in [3.05, 3.63) is 29.3 Å². The van der Waals surface area contributed by atoms with Gasteiger partial charge in [-0.3, -0.25) is 4.79 Å². The third-order valence-electron chi connectivity index (χ3n) is 4.06. The zero-order valence-corrected chi connectivity index (χ0v) is 11.1. The highest BCUT2D eigenvalue weighted by Crippen LogP contribution is 2.31. The fourth-order valence-electron chi connectivity index (χ4n) is 2.92. The molecule has 0 radical (unpaired) electrons. The van der Waals surface area contributed by atoms with Crippen LogP contribution >= 0.6 is 0 Å². The number of nitrogens with zero attached hydrogens (tertiary/aromatic N) is 1. The van der Waals surface area contributed by atoms with Crippen molar-refractivity contribution in [2.45, 2.75) is 31.7 Å². The number of nitrogens with two attached hydrogens (primary N) is 1. The Morgan fingerprint density at radius 2 is 2.16 bits per heavy atom. The summed E-state index contributed by atoms with van der Waals surface area (Å²) in [7, 11) is 0. The van der Waals surface area contributed by atoms with Crippen LogP contribution in [0.2, 0.25) is 0 Å². The molecule has 0 bridgehead atoms. The lowest BCUT2D eigenvalue weighted by atomic mass is 10.1. The molecule has 1 aromatic carbocycles. The van der Waals surface area contributed by atoms with E-state index in [1.807, 2.05) is 23.1 Å². The number of ether oxygens (including phenoxy) is 1. The van der Waals surface area contributed by atoms with E-state index in [2.05, 4.69) is 0 Å². The van der Waals surface area contributed by atoms with Gasteiger partial charge in [-0.05, 0) is 48.9 Å². The number of hydrogen-bond donors (Lipinski definition) is 1. The van der Waals surface area contributed by atoms with Crippen LogP contribution in [0.5, 0.6) is 5.75 Å². The lowest BCUT2D eigenvalue weighted by molar-refractivity contribution is -0.132. The first-order chi connectivity index (χ1) is 9.24. The minimum atomic E-state index is 0.0923. The van der Waals surface area contributed by atoms with Crippen LogP contribution in [0.3, 0.4) is 0 Å². The molecule has 4 nitrogen and oxygen atoms in total. The zero-order chi connectivity index (χ0) is 13.2. The van der Waals surface area contributed by atoms with Crippen molar-refractivity contribution in [2.24, 2.45) is 5.73 Å². The summed E-state index contributed by atoms with van der Waals surface area (Å²) < 4.78 is 5.61. The fraction of sp³-hybridized carbons (Fsp3) is 0.533. The van der Waals surface area contributed by atoms with Crippen LogP contribution in [0.4, 0.5) is 0 Å². The van der Waals surface area contributed by atoms with E-state index in [1.54, 1.807) is 0 Å². The summed E-state index contributed by atoms with van der Waals surface area (Å²) in [5.74, 6) is 0.870. The fourth-order valence-corrected chi connectivity index (χ4v) is 2.92. The van der Waals surface area contributed by atoms with E-state index in [9.17, 15) is 4.79 Å². The third kappa shape index (κ3) is 2.59. The molecule has 1 saturated heterocycles. The van der Waals surface area contributed by atoms with Crippen molar-refractivity contribution >= 4 is 5.91 Å². The number of fused-ring (bicyclic) bond motifs is 1. The Morgan fingerprint density at radius 3 is 2.95 bits per heavy atom. The van der Waals surface area contributed by atoms with Crippen molar-refractivity contribution in [3.63, 3.8) is 0 Å². The molecule has 1 aliphatic carbocycles. The molecule has 1 fully saturated rings. The number of likely N-dealkylation sites (tertiary alicyclic amines) is 1. The van der Waals surface area contributed by atoms with Gasteiger partial charge in [0, 0.05) is 19.1 Å². The molecule has 1 aliphatic heterocycles. The van der Waals surface area contributed by atoms with Crippen LogP contribution in [0.25, 0.3) is 0 Å². The van der Waals surface area contributed by atoms with Gasteiger partial charge in [0.15, 0.2) is 6.61 Å². The highest BCUT2D eigenvalue weighted by atomic mass is 16.5. The van der Waals surface area contributed by atoms with Crippen LogP contribution in [0, 0.1) is 0 Å². The third-order valence-corrected chi connectivity index (χ3v) is 4.06. The van der Waals surface area contributed by atoms with Crippen LogP contribution in [-0.4, -0.2) is 30.5 Å². The van der Waals surface area contributed by atoms with Gasteiger partial charge in [0.2, 0.25) is 0 Å². The second-order valence-corrected chi connectivity index (χ2v) is 5.38. The van der Waals surface area contributed by atoms with Crippen molar-refractivity contribution in [3.8, 4) is 5.75 Å². The van der Waals surface area contributed by atoms with Gasteiger partial charge in [-0.1, -0.05) is 6.07 Å². The molecule has 2 aliphatic rings. The minimum absolute atomic E-state index is 0.0923. The normalized spacial score (nSPS) is 21.5. The minimum Gasteiger partial charge on any atom is -0.484 e. The first-order valence-electron chi connectivity index (χ1n) is 7.03. The van der Waals surface area contributed by atoms with Gasteiger partial charge in [0.1, 0.15) is 5.75 Å². The molecule has 1 aromatic rings. The molecule has 2 N–H and O–H groups in total. The Morgan fingerprint density at radius 1 is 1.37 bits per heavy atom. The molecule has 0 spiro atoms. The molecule has 1 heterocycles. The molecule has 4 heteroatoms. The number of amides is 1. The molecular weight excluding hydrogens is 240 g/mol. The van der Waals surface area contributed by atoms with Crippen LogP contribution in [-0.2, 0) is 11.2 Å². The second kappa shape index (κ2) is 5.21. The first kappa shape index (κ1) is 12.5. The van der Waals surface area contributed by atoms with Gasteiger partial charge in [0.05, 0.1) is 0 Å². The van der Waals surface area contributed by atoms with Gasteiger partial charge in [-0.2, -0.15) is 0 Å². The smallest absolute Gasteiger partial charge is 0.260 e. The molecular formula is C15H20N2O2. The van der Waals surface area contributed by atoms with Gasteiger partial charge >= 0.3 is 0 Å². The van der Waals surface area contributed by atoms with E-state index in [0.29, 0.717) is 0 Å². The molecule has 1 atom stereocenters. The van der Waals surface area contributed by atoms with Gasteiger partial charge in [-0.15, -0.1) is 0 Å². The maximum Gasteiger partial charge on any atom is 0.260 e. The van der Waals surface area contributed by atoms with Crippen LogP contribution < -0.4 is 10.5 Å². The average molecular weight is 260 g/mol. The Labute approximate surface area is 113 Å². The maximum atomic E-state index is 11.9. The van der Waals surface area contributed by atoms with E-state index in [0.717, 1.165) is 44.5 Å². The summed E-state index contributed by atoms with van der Waals surface area (Å²) >= 11 is 0. The number of carbonyl (C=O) groups excluding carboxylic acids is 1. The number of benzene rings is 1. The molecule has 1 amide bonds. The van der Waals surface area contributed by atoms with E-state index >= 15 is 0 Å². The Hall–Kier alpha value is -1.55. The summed E-state index contributed by atoms with van der Waals surface area (Å²) in [4.78, 5) is 13.8. The topological polar surface area (TPSA) is 55.6 Å². The molecule has 102 valence electrons. The monoisotopic (exact) mass is 260 g/mol. The van der Waals surface area contributed by atoms with Crippen molar-refractivity contribution in [2.75, 3.05) is 19.7 Å². The lowest BCUT2D eigenvalue weighted by Gasteiger charge is -2.16. The Kier molecular flexibility index (Phi) is 3.42. The lowest BCUT2D eigenvalue weighted by Crippen LogP contribution is -2.32. The predicted molar refractivity (Wildman–Crippen MR) is 73.0 cm³/mol. The largest absolute Gasteiger partial charge is 0.484 e. The van der Waals surface area contributed by atoms with Gasteiger partial charge in [-0.25, -0.2) is 0 Å². The van der Waals surface area contributed by atoms with Crippen LogP contribution in [0.1, 0.15) is 36.4 Å². The Balaban J connectivity index is 1.60. The maximum absolute atomic E-state index is 11.9. The van der Waals surface area contributed by atoms with Crippen molar-refractivity contribution < 1.29 is 9.53 Å². The number of carbonyl (C=O) groups is 1. The highest BCUT2D eigenvalue weighted by molar-refractivity contribution is 5.78. The quantitative estimate of drug-likeness (QED) is 0.898. The molecule has 19 heavy (non-hydrogen) atoms. The molecule has 0 aromatic heterocycles. The van der Waals surface area contributed by atoms with Crippen molar-refractivity contribution in [1.82, 2.24) is 4.90 Å². The molecule has 0 unspecified atom stereocenters. The molecule has 0 saturated carbocycles. The zero-order valence-electron chi connectivity index (χ0n) is 11.1. The number of rotatable bonds is 3. The van der Waals surface area contributed by atoms with Crippen LogP contribution in [0.15, 0.2) is 18.2 Å². The van der Waals surface area contributed by atoms with E-state index in [-0.39, 0.29) is 18.6 Å². The molecule has 3 rings (SSSR count). The summed E-state index contributed by atoms with van der Waals surface area (Å²) in [5.41, 5.74) is 8.48. The van der Waals surface area contributed by atoms with Gasteiger partial charge in [0.25, 0.3) is 5.91 Å². The summed E-state index contributed by atoms with van der Waals surface area (Å²) in [6.07, 6.45) is 4.24. The van der Waals surface area contributed by atoms with E-state index in [1.165, 1.54) is 11.1 Å². The summed E-state index contributed by atoms with van der Waals surface area (Å²) in [5, 5.41) is 0. The summed E-state index contributed by atoms with van der Waals surface area (Å²) in [6, 6.07) is 6.14. The van der Waals surface area contributed by atoms with E-state index < -0.39 is 0 Å². The second-order valence-electron chi connectivity index (χ2n) is 5.38.